The SMILES string of the molecule is COCCCNc1cc(CO[C@H]2CNC[C@@H](O)[C@@H]2c2ccc(Oc3ccc(C)c(Cl)c3)cc2)ccc1O. The standard InChI is InChI=1S/C29H35ClN2O5/c1-19-4-8-23(15-24(19)30)37-22-9-6-21(7-10-22)29-27(34)16-31-17-28(29)36-18-20-5-11-26(33)25(14-20)32-12-3-13-35-2/h4-11,14-15,27-29,31-34H,3,12-13,16-18H2,1-2H3/t27-,28+,29+/m1/s1. The first-order chi connectivity index (χ1) is 17.9. The maximum absolute atomic E-state index is 10.8. The number of aromatic hydroxyl groups is 1. The second kappa shape index (κ2) is 13.1. The molecule has 1 fully saturated rings. The minimum absolute atomic E-state index is 0.187. The number of ether oxygens (including phenoxy) is 3. The predicted molar refractivity (Wildman–Crippen MR) is 146 cm³/mol. The van der Waals surface area contributed by atoms with Crippen molar-refractivity contribution >= 4 is 17.3 Å². The first kappa shape index (κ1) is 27.2. The van der Waals surface area contributed by atoms with E-state index in [2.05, 4.69) is 10.6 Å². The Bertz CT molecular complexity index is 1160. The third kappa shape index (κ3) is 7.37. The number of hydrogen-bond donors (Lipinski definition) is 4. The molecule has 4 N–H and O–H groups in total. The number of piperidine rings is 1. The van der Waals surface area contributed by atoms with Crippen LogP contribution in [0.1, 0.15) is 29.0 Å². The Morgan fingerprint density at radius 3 is 2.57 bits per heavy atom. The number of aryl methyl sites for hydroxylation is 1. The van der Waals surface area contributed by atoms with Crippen LogP contribution in [0.5, 0.6) is 17.2 Å². The molecule has 1 heterocycles. The van der Waals surface area contributed by atoms with Gasteiger partial charge in [0, 0.05) is 44.3 Å². The van der Waals surface area contributed by atoms with Crippen molar-refractivity contribution in [2.75, 3.05) is 38.7 Å². The molecule has 1 saturated heterocycles. The highest BCUT2D eigenvalue weighted by Gasteiger charge is 2.34. The summed E-state index contributed by atoms with van der Waals surface area (Å²) in [5, 5.41) is 28.2. The van der Waals surface area contributed by atoms with Crippen LogP contribution in [0.2, 0.25) is 5.02 Å². The lowest BCUT2D eigenvalue weighted by Crippen LogP contribution is -2.49. The molecular weight excluding hydrogens is 492 g/mol. The van der Waals surface area contributed by atoms with Crippen molar-refractivity contribution in [2.45, 2.75) is 38.1 Å². The minimum Gasteiger partial charge on any atom is -0.506 e. The molecule has 1 aliphatic heterocycles. The summed E-state index contributed by atoms with van der Waals surface area (Å²) < 4.78 is 17.3. The van der Waals surface area contributed by atoms with Gasteiger partial charge < -0.3 is 35.1 Å². The Balaban J connectivity index is 1.40. The lowest BCUT2D eigenvalue weighted by molar-refractivity contribution is -0.0328. The molecule has 7 nitrogen and oxygen atoms in total. The van der Waals surface area contributed by atoms with Gasteiger partial charge >= 0.3 is 0 Å². The molecule has 3 aromatic rings. The van der Waals surface area contributed by atoms with E-state index in [9.17, 15) is 10.2 Å². The molecule has 0 amide bonds. The van der Waals surface area contributed by atoms with Gasteiger partial charge in [0.25, 0.3) is 0 Å². The van der Waals surface area contributed by atoms with Crippen LogP contribution in [-0.2, 0) is 16.1 Å². The number of aliphatic hydroxyl groups excluding tert-OH is 1. The van der Waals surface area contributed by atoms with Crippen molar-refractivity contribution in [3.63, 3.8) is 0 Å². The van der Waals surface area contributed by atoms with Crippen LogP contribution < -0.4 is 15.4 Å². The number of anilines is 1. The summed E-state index contributed by atoms with van der Waals surface area (Å²) in [5.41, 5.74) is 3.59. The highest BCUT2D eigenvalue weighted by atomic mass is 35.5. The molecule has 0 spiro atoms. The van der Waals surface area contributed by atoms with Gasteiger partial charge in [-0.1, -0.05) is 35.9 Å². The smallest absolute Gasteiger partial charge is 0.138 e. The van der Waals surface area contributed by atoms with Gasteiger partial charge in [-0.2, -0.15) is 0 Å². The first-order valence-corrected chi connectivity index (χ1v) is 12.9. The first-order valence-electron chi connectivity index (χ1n) is 12.5. The predicted octanol–water partition coefficient (Wildman–Crippen LogP) is 5.23. The zero-order chi connectivity index (χ0) is 26.2. The van der Waals surface area contributed by atoms with Crippen molar-refractivity contribution in [1.82, 2.24) is 5.32 Å². The van der Waals surface area contributed by atoms with Crippen molar-refractivity contribution in [1.29, 1.82) is 0 Å². The highest BCUT2D eigenvalue weighted by Crippen LogP contribution is 2.32. The molecule has 3 aromatic carbocycles. The molecule has 4 rings (SSSR count). The number of phenols is 1. The maximum Gasteiger partial charge on any atom is 0.138 e. The molecule has 198 valence electrons. The van der Waals surface area contributed by atoms with E-state index in [0.29, 0.717) is 55.1 Å². The van der Waals surface area contributed by atoms with Gasteiger partial charge in [-0.15, -0.1) is 0 Å². The average molecular weight is 527 g/mol. The fourth-order valence-electron chi connectivity index (χ4n) is 4.46. The van der Waals surface area contributed by atoms with E-state index >= 15 is 0 Å². The molecule has 8 heteroatoms. The third-order valence-corrected chi connectivity index (χ3v) is 6.93. The summed E-state index contributed by atoms with van der Waals surface area (Å²) in [5.74, 6) is 1.38. The van der Waals surface area contributed by atoms with Gasteiger partial charge in [0.05, 0.1) is 24.5 Å². The molecule has 0 unspecified atom stereocenters. The largest absolute Gasteiger partial charge is 0.506 e. The molecule has 37 heavy (non-hydrogen) atoms. The normalized spacial score (nSPS) is 19.5. The zero-order valence-electron chi connectivity index (χ0n) is 21.2. The molecule has 0 bridgehead atoms. The maximum atomic E-state index is 10.8. The molecule has 0 aliphatic carbocycles. The molecule has 1 aliphatic rings. The van der Waals surface area contributed by atoms with Crippen LogP contribution in [0, 0.1) is 6.92 Å². The summed E-state index contributed by atoms with van der Waals surface area (Å²) in [7, 11) is 1.67. The van der Waals surface area contributed by atoms with Gasteiger partial charge in [-0.25, -0.2) is 0 Å². The monoisotopic (exact) mass is 526 g/mol. The van der Waals surface area contributed by atoms with E-state index in [1.807, 2.05) is 55.5 Å². The molecule has 0 saturated carbocycles. The fourth-order valence-corrected chi connectivity index (χ4v) is 4.63. The Morgan fingerprint density at radius 2 is 1.81 bits per heavy atom. The van der Waals surface area contributed by atoms with E-state index in [4.69, 9.17) is 25.8 Å². The Morgan fingerprint density at radius 1 is 1.03 bits per heavy atom. The van der Waals surface area contributed by atoms with Crippen LogP contribution in [0.4, 0.5) is 5.69 Å². The van der Waals surface area contributed by atoms with E-state index in [-0.39, 0.29) is 17.8 Å². The zero-order valence-corrected chi connectivity index (χ0v) is 22.0. The van der Waals surface area contributed by atoms with Crippen LogP contribution in [-0.4, -0.2) is 55.8 Å². The summed E-state index contributed by atoms with van der Waals surface area (Å²) in [4.78, 5) is 0. The van der Waals surface area contributed by atoms with Gasteiger partial charge in [0.2, 0.25) is 0 Å². The lowest BCUT2D eigenvalue weighted by Gasteiger charge is -2.36. The topological polar surface area (TPSA) is 92.2 Å². The van der Waals surface area contributed by atoms with Crippen LogP contribution in [0.15, 0.2) is 60.7 Å². The quantitative estimate of drug-likeness (QED) is 0.201. The molecule has 0 radical (unpaired) electrons. The number of hydrogen-bond acceptors (Lipinski definition) is 7. The van der Waals surface area contributed by atoms with E-state index in [0.717, 1.165) is 23.1 Å². The van der Waals surface area contributed by atoms with E-state index < -0.39 is 6.10 Å². The number of phenolic OH excluding ortho intramolecular Hbond substituents is 1. The number of halogens is 1. The van der Waals surface area contributed by atoms with E-state index in [1.165, 1.54) is 0 Å². The van der Waals surface area contributed by atoms with Crippen molar-refractivity contribution in [2.24, 2.45) is 0 Å². The summed E-state index contributed by atoms with van der Waals surface area (Å²) in [6.45, 7) is 4.79. The van der Waals surface area contributed by atoms with Gasteiger partial charge in [-0.05, 0) is 66.4 Å². The second-order valence-corrected chi connectivity index (χ2v) is 9.71. The van der Waals surface area contributed by atoms with Crippen molar-refractivity contribution in [3.8, 4) is 17.2 Å². The second-order valence-electron chi connectivity index (χ2n) is 9.31. The van der Waals surface area contributed by atoms with Crippen LogP contribution in [0.25, 0.3) is 0 Å². The summed E-state index contributed by atoms with van der Waals surface area (Å²) in [6.07, 6.45) is 0.0321. The molecule has 3 atom stereocenters. The number of rotatable bonds is 11. The Labute approximate surface area is 223 Å². The third-order valence-electron chi connectivity index (χ3n) is 6.52. The number of methoxy groups -OCH3 is 1. The van der Waals surface area contributed by atoms with Crippen LogP contribution in [0.3, 0.4) is 0 Å². The van der Waals surface area contributed by atoms with E-state index in [1.54, 1.807) is 19.2 Å². The molecular formula is C29H35ClN2O5. The fraction of sp³-hybridized carbons (Fsp3) is 0.379. The summed E-state index contributed by atoms with van der Waals surface area (Å²) >= 11 is 6.22. The highest BCUT2D eigenvalue weighted by molar-refractivity contribution is 6.31. The minimum atomic E-state index is -0.584. The van der Waals surface area contributed by atoms with Crippen LogP contribution >= 0.6 is 11.6 Å². The van der Waals surface area contributed by atoms with Gasteiger partial charge in [0.15, 0.2) is 0 Å². The Hall–Kier alpha value is -2.81. The van der Waals surface area contributed by atoms with Crippen molar-refractivity contribution in [3.05, 3.63) is 82.4 Å². The molecule has 0 aromatic heterocycles. The number of β-amino-alcohol motifs (C(OH)–C–C–N with tert-alkyl or cyclic N) is 1. The average Bonchev–Trinajstić information content (AvgIpc) is 2.89. The van der Waals surface area contributed by atoms with Gasteiger partial charge in [0.1, 0.15) is 17.2 Å². The number of aliphatic hydroxyl groups is 1. The summed E-state index contributed by atoms with van der Waals surface area (Å²) in [6, 6.07) is 18.8. The van der Waals surface area contributed by atoms with Crippen molar-refractivity contribution < 1.29 is 24.4 Å². The number of benzene rings is 3. The van der Waals surface area contributed by atoms with Gasteiger partial charge in [-0.3, -0.25) is 0 Å². The Kier molecular flexibility index (Phi) is 9.66. The number of nitrogens with one attached hydrogen (secondary N) is 2. The lowest BCUT2D eigenvalue weighted by atomic mass is 9.85.